The van der Waals surface area contributed by atoms with Gasteiger partial charge in [0, 0.05) is 0 Å². The van der Waals surface area contributed by atoms with Crippen LogP contribution in [-0.2, 0) is 4.79 Å². The minimum absolute atomic E-state index is 0. The van der Waals surface area contributed by atoms with Crippen LogP contribution in [0, 0.1) is 10.8 Å². The molecular formula is C13H28Cl2O3. The number of aliphatic hydroxyl groups excluding tert-OH is 1. The van der Waals surface area contributed by atoms with Gasteiger partial charge in [-0.1, -0.05) is 49.0 Å². The van der Waals surface area contributed by atoms with E-state index in [1.807, 2.05) is 20.8 Å². The number of hydrogen-bond donors (Lipinski definition) is 2. The van der Waals surface area contributed by atoms with E-state index in [0.717, 1.165) is 0 Å². The molecule has 112 valence electrons. The van der Waals surface area contributed by atoms with Crippen molar-refractivity contribution in [2.24, 2.45) is 10.8 Å². The van der Waals surface area contributed by atoms with E-state index in [2.05, 4.69) is 0 Å². The van der Waals surface area contributed by atoms with Gasteiger partial charge in [0.25, 0.3) is 0 Å². The summed E-state index contributed by atoms with van der Waals surface area (Å²) in [6.07, 6.45) is 0. The summed E-state index contributed by atoms with van der Waals surface area (Å²) in [4.78, 5) is 10.2. The van der Waals surface area contributed by atoms with Crippen LogP contribution in [0.3, 0.4) is 0 Å². The smallest absolute Gasteiger partial charge is 0.322 e. The van der Waals surface area contributed by atoms with Crippen molar-refractivity contribution >= 4 is 29.2 Å². The van der Waals surface area contributed by atoms with E-state index in [0.29, 0.717) is 0 Å². The summed E-state index contributed by atoms with van der Waals surface area (Å²) in [7, 11) is 0. The molecule has 0 bridgehead atoms. The Balaban J connectivity index is -0.000000238. The lowest BCUT2D eigenvalue weighted by atomic mass is 9.92. The Morgan fingerprint density at radius 1 is 1.06 bits per heavy atom. The molecule has 0 amide bonds. The number of aliphatic hydroxyl groups is 1. The summed E-state index contributed by atoms with van der Waals surface area (Å²) >= 11 is 11.2. The quantitative estimate of drug-likeness (QED) is 0.758. The molecule has 0 rings (SSSR count). The van der Waals surface area contributed by atoms with Crippen molar-refractivity contribution < 1.29 is 15.0 Å². The highest BCUT2D eigenvalue weighted by molar-refractivity contribution is 6.30. The highest BCUT2D eigenvalue weighted by Gasteiger charge is 2.28. The first-order valence-electron chi connectivity index (χ1n) is 5.45. The van der Waals surface area contributed by atoms with E-state index in [1.165, 1.54) is 0 Å². The van der Waals surface area contributed by atoms with Gasteiger partial charge in [-0.15, -0.1) is 23.2 Å². The van der Waals surface area contributed by atoms with Crippen molar-refractivity contribution in [1.29, 1.82) is 0 Å². The Kier molecular flexibility index (Phi) is 11.6. The Bertz CT molecular complexity index is 229. The summed E-state index contributed by atoms with van der Waals surface area (Å²) < 4.78 is 0. The van der Waals surface area contributed by atoms with E-state index < -0.39 is 11.3 Å². The van der Waals surface area contributed by atoms with Crippen LogP contribution >= 0.6 is 23.2 Å². The van der Waals surface area contributed by atoms with Crippen molar-refractivity contribution in [1.82, 2.24) is 0 Å². The van der Waals surface area contributed by atoms with Crippen molar-refractivity contribution in [2.75, 3.05) is 6.61 Å². The van der Waals surface area contributed by atoms with Crippen LogP contribution in [0.4, 0.5) is 0 Å². The summed E-state index contributed by atoms with van der Waals surface area (Å²) in [6, 6.07) is 0. The van der Waals surface area contributed by atoms with Gasteiger partial charge >= 0.3 is 5.97 Å². The van der Waals surface area contributed by atoms with Crippen LogP contribution < -0.4 is 0 Å². The predicted octanol–water partition coefficient (Wildman–Crippen LogP) is 3.99. The van der Waals surface area contributed by atoms with Crippen LogP contribution in [0.1, 0.15) is 49.0 Å². The topological polar surface area (TPSA) is 57.5 Å². The van der Waals surface area contributed by atoms with Gasteiger partial charge in [0.15, 0.2) is 0 Å². The van der Waals surface area contributed by atoms with Crippen molar-refractivity contribution in [3.63, 3.8) is 0 Å². The maximum Gasteiger partial charge on any atom is 0.322 e. The second-order valence-corrected chi connectivity index (χ2v) is 7.05. The SMILES string of the molecule is C.CC(C)(C)[C@H](Cl)C(=O)O.CC(C)(C)[C@H](Cl)CO. The second-order valence-electron chi connectivity index (χ2n) is 6.08. The van der Waals surface area contributed by atoms with Gasteiger partial charge < -0.3 is 10.2 Å². The number of aliphatic carboxylic acids is 1. The van der Waals surface area contributed by atoms with Gasteiger partial charge in [-0.05, 0) is 10.8 Å². The number of alkyl halides is 2. The zero-order valence-electron chi connectivity index (χ0n) is 11.4. The molecule has 2 N–H and O–H groups in total. The normalized spacial score (nSPS) is 14.7. The van der Waals surface area contributed by atoms with Crippen LogP contribution in [0.25, 0.3) is 0 Å². The lowest BCUT2D eigenvalue weighted by Crippen LogP contribution is -2.28. The molecule has 0 fully saturated rings. The average Bonchev–Trinajstić information content (AvgIpc) is 2.13. The van der Waals surface area contributed by atoms with Crippen LogP contribution in [0.15, 0.2) is 0 Å². The first-order chi connectivity index (χ1) is 7.34. The fraction of sp³-hybridized carbons (Fsp3) is 0.923. The number of rotatable bonds is 2. The van der Waals surface area contributed by atoms with Crippen LogP contribution in [-0.4, -0.2) is 33.5 Å². The summed E-state index contributed by atoms with van der Waals surface area (Å²) in [6.45, 7) is 11.4. The number of carbonyl (C=O) groups is 1. The van der Waals surface area contributed by atoms with E-state index in [1.54, 1.807) is 20.8 Å². The molecule has 18 heavy (non-hydrogen) atoms. The molecule has 0 spiro atoms. The Morgan fingerprint density at radius 2 is 1.39 bits per heavy atom. The van der Waals surface area contributed by atoms with Gasteiger partial charge in [-0.2, -0.15) is 0 Å². The standard InChI is InChI=1S/C6H11ClO2.C6H13ClO.CH4/c1-6(2,3)4(7)5(8)9;1-6(2,3)5(7)4-8;/h4H,1-3H3,(H,8,9);5,8H,4H2,1-3H3;1H4/t4-;5-;/m11./s1. The third-order valence-electron chi connectivity index (χ3n) is 2.08. The van der Waals surface area contributed by atoms with E-state index in [-0.39, 0.29) is 30.2 Å². The van der Waals surface area contributed by atoms with E-state index in [9.17, 15) is 4.79 Å². The molecule has 0 unspecified atom stereocenters. The average molecular weight is 303 g/mol. The molecule has 0 aliphatic rings. The van der Waals surface area contributed by atoms with Crippen molar-refractivity contribution in [3.05, 3.63) is 0 Å². The molecule has 0 aliphatic carbocycles. The van der Waals surface area contributed by atoms with E-state index >= 15 is 0 Å². The van der Waals surface area contributed by atoms with Crippen LogP contribution in [0.2, 0.25) is 0 Å². The van der Waals surface area contributed by atoms with E-state index in [4.69, 9.17) is 33.4 Å². The Morgan fingerprint density at radius 3 is 1.39 bits per heavy atom. The fourth-order valence-corrected chi connectivity index (χ4v) is 0.644. The lowest BCUT2D eigenvalue weighted by molar-refractivity contribution is -0.138. The van der Waals surface area contributed by atoms with Crippen molar-refractivity contribution in [2.45, 2.75) is 59.7 Å². The fourth-order valence-electron chi connectivity index (χ4n) is 0.644. The molecule has 0 saturated heterocycles. The molecule has 0 radical (unpaired) electrons. The van der Waals surface area contributed by atoms with Gasteiger partial charge in [0.05, 0.1) is 12.0 Å². The lowest BCUT2D eigenvalue weighted by Gasteiger charge is -2.22. The molecule has 0 aliphatic heterocycles. The molecule has 0 heterocycles. The summed E-state index contributed by atoms with van der Waals surface area (Å²) in [5.74, 6) is -0.954. The van der Waals surface area contributed by atoms with Gasteiger partial charge in [-0.3, -0.25) is 4.79 Å². The highest BCUT2D eigenvalue weighted by Crippen LogP contribution is 2.24. The van der Waals surface area contributed by atoms with Gasteiger partial charge in [-0.25, -0.2) is 0 Å². The Hall–Kier alpha value is 0.01000. The number of hydrogen-bond acceptors (Lipinski definition) is 2. The zero-order chi connectivity index (χ0) is 14.4. The first-order valence-corrected chi connectivity index (χ1v) is 6.33. The maximum absolute atomic E-state index is 10.2. The van der Waals surface area contributed by atoms with Gasteiger partial charge in [0.2, 0.25) is 0 Å². The molecule has 3 nitrogen and oxygen atoms in total. The Labute approximate surface area is 121 Å². The third-order valence-corrected chi connectivity index (χ3v) is 3.71. The third kappa shape index (κ3) is 11.1. The van der Waals surface area contributed by atoms with Crippen molar-refractivity contribution in [3.8, 4) is 0 Å². The molecule has 2 atom stereocenters. The molecule has 0 aromatic carbocycles. The monoisotopic (exact) mass is 302 g/mol. The minimum atomic E-state index is -0.954. The largest absolute Gasteiger partial charge is 0.480 e. The summed E-state index contributed by atoms with van der Waals surface area (Å²) in [5, 5.41) is 16.0. The number of carboxylic acids is 1. The molecule has 0 saturated carbocycles. The zero-order valence-corrected chi connectivity index (χ0v) is 12.9. The maximum atomic E-state index is 10.2. The van der Waals surface area contributed by atoms with Crippen LogP contribution in [0.5, 0.6) is 0 Å². The molecular weight excluding hydrogens is 275 g/mol. The minimum Gasteiger partial charge on any atom is -0.480 e. The molecule has 0 aromatic heterocycles. The highest BCUT2D eigenvalue weighted by atomic mass is 35.5. The summed E-state index contributed by atoms with van der Waals surface area (Å²) in [5.41, 5.74) is -0.330. The predicted molar refractivity (Wildman–Crippen MR) is 79.6 cm³/mol. The number of carboxylic acid groups (broad SMARTS) is 1. The molecule has 5 heteroatoms. The number of halogens is 2. The van der Waals surface area contributed by atoms with Gasteiger partial charge in [0.1, 0.15) is 5.38 Å². The second kappa shape index (κ2) is 9.00. The first kappa shape index (κ1) is 23.1. The molecule has 0 aromatic rings.